The molecule has 0 saturated heterocycles. The normalized spacial score (nSPS) is 10.5. The van der Waals surface area contributed by atoms with Gasteiger partial charge in [-0.2, -0.15) is 15.2 Å². The van der Waals surface area contributed by atoms with Crippen LogP contribution in [-0.2, 0) is 32.1 Å². The van der Waals surface area contributed by atoms with Gasteiger partial charge in [0.1, 0.15) is 23.1 Å². The van der Waals surface area contributed by atoms with Crippen molar-refractivity contribution in [3.8, 4) is 11.5 Å². The first-order valence-corrected chi connectivity index (χ1v) is 18.0. The van der Waals surface area contributed by atoms with Crippen LogP contribution >= 0.6 is 0 Å². The summed E-state index contributed by atoms with van der Waals surface area (Å²) in [5.41, 5.74) is 17.7. The number of nitrogens with one attached hydrogen (secondary N) is 3. The molecule has 15 nitrogen and oxygen atoms in total. The maximum absolute atomic E-state index is 7.07. The number of tetrazole rings is 1. The van der Waals surface area contributed by atoms with Crippen LogP contribution in [0.15, 0.2) is 48.5 Å². The van der Waals surface area contributed by atoms with Gasteiger partial charge in [-0.05, 0) is 42.5 Å². The van der Waals surface area contributed by atoms with Crippen molar-refractivity contribution in [3.05, 3.63) is 99.4 Å². The zero-order valence-corrected chi connectivity index (χ0v) is 31.2. The number of methoxy groups -OCH3 is 2. The predicted molar refractivity (Wildman–Crippen MR) is 208 cm³/mol. The van der Waals surface area contributed by atoms with Gasteiger partial charge >= 0.3 is 0 Å². The smallest absolute Gasteiger partial charge is 0.222 e. The molecule has 0 aliphatic rings. The number of para-hydroxylation sites is 2. The van der Waals surface area contributed by atoms with E-state index in [2.05, 4.69) is 69.9 Å². The van der Waals surface area contributed by atoms with Gasteiger partial charge in [-0.1, -0.05) is 68.3 Å². The van der Waals surface area contributed by atoms with Gasteiger partial charge in [-0.15, -0.1) is 10.2 Å². The molecule has 7 N–H and O–H groups in total. The van der Waals surface area contributed by atoms with E-state index >= 15 is 0 Å². The van der Waals surface area contributed by atoms with E-state index in [9.17, 15) is 0 Å². The number of nitrogens with zero attached hydrogens (tertiary/aromatic N) is 8. The molecule has 0 fully saturated rings. The summed E-state index contributed by atoms with van der Waals surface area (Å²) in [6.07, 6.45) is 7.38. The van der Waals surface area contributed by atoms with E-state index in [1.807, 2.05) is 48.5 Å². The van der Waals surface area contributed by atoms with Gasteiger partial charge in [0.25, 0.3) is 0 Å². The maximum Gasteiger partial charge on any atom is 0.222 e. The van der Waals surface area contributed by atoms with E-state index in [-0.39, 0.29) is 11.9 Å². The van der Waals surface area contributed by atoms with E-state index < -0.39 is 0 Å². The van der Waals surface area contributed by atoms with Crippen molar-refractivity contribution in [2.24, 2.45) is 0 Å². The molecule has 0 unspecified atom stereocenters. The second kappa shape index (κ2) is 21.4. The monoisotopic (exact) mass is 721 g/mol. The molecule has 0 aliphatic heterocycles. The summed E-state index contributed by atoms with van der Waals surface area (Å²) in [6.45, 7) is 13.4. The van der Waals surface area contributed by atoms with E-state index in [0.717, 1.165) is 95.5 Å². The first-order chi connectivity index (χ1) is 25.9. The van der Waals surface area contributed by atoms with E-state index in [4.69, 9.17) is 27.5 Å². The zero-order valence-electron chi connectivity index (χ0n) is 31.2. The number of nitrogen functional groups attached to an aromatic ring is 2. The molecule has 0 amide bonds. The lowest BCUT2D eigenvalue weighted by Gasteiger charge is -2.16. The van der Waals surface area contributed by atoms with Crippen molar-refractivity contribution in [1.82, 2.24) is 40.6 Å². The SMILES string of the molecule is CCCCNc1nc(N)nc(CCc2nn[nH]n2)c1Cc1ccccc1OC.[C-]#[N+]CCc1nc(N)nc(NCCCC)c1Cc1ccccc1OC. The molecule has 0 aliphatic carbocycles. The van der Waals surface area contributed by atoms with Gasteiger partial charge < -0.3 is 36.4 Å². The number of benzene rings is 2. The Morgan fingerprint density at radius 2 is 1.23 bits per heavy atom. The van der Waals surface area contributed by atoms with Crippen LogP contribution in [0.5, 0.6) is 11.5 Å². The Morgan fingerprint density at radius 3 is 1.68 bits per heavy atom. The number of ether oxygens (including phenoxy) is 2. The third-order valence-electron chi connectivity index (χ3n) is 8.42. The summed E-state index contributed by atoms with van der Waals surface area (Å²) in [5.74, 6) is 4.33. The molecule has 3 heterocycles. The molecular formula is C38H51N13O2. The van der Waals surface area contributed by atoms with E-state index in [0.29, 0.717) is 44.5 Å². The largest absolute Gasteiger partial charge is 0.496 e. The molecule has 0 atom stereocenters. The lowest BCUT2D eigenvalue weighted by atomic mass is 10.0. The third-order valence-corrected chi connectivity index (χ3v) is 8.42. The summed E-state index contributed by atoms with van der Waals surface area (Å²) in [7, 11) is 3.34. The Kier molecular flexibility index (Phi) is 16.0. The van der Waals surface area contributed by atoms with E-state index in [1.165, 1.54) is 0 Å². The number of aromatic amines is 1. The number of hydrogen-bond acceptors (Lipinski definition) is 13. The van der Waals surface area contributed by atoms with Gasteiger partial charge in [0.05, 0.1) is 32.0 Å². The minimum absolute atomic E-state index is 0.239. The van der Waals surface area contributed by atoms with Gasteiger partial charge in [0.2, 0.25) is 18.4 Å². The van der Waals surface area contributed by atoms with Crippen LogP contribution in [0.4, 0.5) is 23.5 Å². The van der Waals surface area contributed by atoms with Crippen LogP contribution in [0.2, 0.25) is 0 Å². The predicted octanol–water partition coefficient (Wildman–Crippen LogP) is 5.50. The second-order valence-electron chi connectivity index (χ2n) is 12.2. The minimum atomic E-state index is 0.239. The van der Waals surface area contributed by atoms with Crippen molar-refractivity contribution in [2.45, 2.75) is 71.6 Å². The first kappa shape index (κ1) is 39.7. The lowest BCUT2D eigenvalue weighted by Crippen LogP contribution is -2.14. The highest BCUT2D eigenvalue weighted by molar-refractivity contribution is 5.54. The summed E-state index contributed by atoms with van der Waals surface area (Å²) in [5, 5.41) is 20.9. The standard InChI is InChI=1S/C19H26N8O.C19H25N5O/c1-3-4-11-21-18-14(12-13-7-5-6-8-16(13)28-2)15(22-19(20)23-18)9-10-17-24-26-27-25-17;1-4-5-11-22-18-15(13-14-8-6-7-9-17(14)25-3)16(10-12-21-2)23-19(20)24-18/h5-8H,3-4,9-12H2,1-2H3,(H3,20,21,22,23)(H,24,25,26,27);6-9H,4-5,10-13H2,1,3H3,(H3,20,22,23,24). The molecule has 0 bridgehead atoms. The Bertz CT molecular complexity index is 1890. The van der Waals surface area contributed by atoms with Crippen LogP contribution < -0.4 is 31.6 Å². The second-order valence-corrected chi connectivity index (χ2v) is 12.2. The fourth-order valence-electron chi connectivity index (χ4n) is 5.70. The highest BCUT2D eigenvalue weighted by atomic mass is 16.5. The molecule has 0 radical (unpaired) electrons. The van der Waals surface area contributed by atoms with Crippen LogP contribution in [0, 0.1) is 6.57 Å². The molecule has 15 heteroatoms. The zero-order chi connectivity index (χ0) is 37.8. The molecular weight excluding hydrogens is 671 g/mol. The molecule has 0 spiro atoms. The number of unbranched alkanes of at least 4 members (excludes halogenated alkanes) is 2. The maximum atomic E-state index is 7.07. The Hall–Kier alpha value is -6.04. The van der Waals surface area contributed by atoms with Crippen molar-refractivity contribution in [1.29, 1.82) is 0 Å². The van der Waals surface area contributed by atoms with Crippen molar-refractivity contribution in [3.63, 3.8) is 0 Å². The summed E-state index contributed by atoms with van der Waals surface area (Å²) < 4.78 is 11.0. The fraction of sp³-hybridized carbons (Fsp3) is 0.421. The lowest BCUT2D eigenvalue weighted by molar-refractivity contribution is 0.410. The first-order valence-electron chi connectivity index (χ1n) is 18.0. The van der Waals surface area contributed by atoms with Gasteiger partial charge in [0.15, 0.2) is 5.82 Å². The number of nitrogens with two attached hydrogens (primary N) is 2. The van der Waals surface area contributed by atoms with Crippen molar-refractivity contribution in [2.75, 3.05) is 56.0 Å². The van der Waals surface area contributed by atoms with Gasteiger partial charge in [-0.3, -0.25) is 0 Å². The Morgan fingerprint density at radius 1 is 0.717 bits per heavy atom. The average Bonchev–Trinajstić information content (AvgIpc) is 3.70. The van der Waals surface area contributed by atoms with Gasteiger partial charge in [-0.25, -0.2) is 16.5 Å². The van der Waals surface area contributed by atoms with E-state index in [1.54, 1.807) is 14.2 Å². The topological polar surface area (TPSA) is 205 Å². The summed E-state index contributed by atoms with van der Waals surface area (Å²) in [4.78, 5) is 21.2. The molecule has 3 aromatic heterocycles. The number of hydrogen-bond donors (Lipinski definition) is 5. The van der Waals surface area contributed by atoms with Crippen LogP contribution in [0.1, 0.15) is 79.0 Å². The van der Waals surface area contributed by atoms with Crippen molar-refractivity contribution < 1.29 is 9.47 Å². The quantitative estimate of drug-likeness (QED) is 0.0528. The molecule has 5 rings (SSSR count). The van der Waals surface area contributed by atoms with Crippen LogP contribution in [-0.4, -0.2) is 74.4 Å². The number of rotatable bonds is 19. The fourth-order valence-corrected chi connectivity index (χ4v) is 5.70. The molecule has 280 valence electrons. The molecule has 53 heavy (non-hydrogen) atoms. The highest BCUT2D eigenvalue weighted by Crippen LogP contribution is 2.29. The summed E-state index contributed by atoms with van der Waals surface area (Å²) >= 11 is 0. The molecule has 2 aromatic carbocycles. The number of aromatic nitrogens is 8. The average molecular weight is 722 g/mol. The molecule has 5 aromatic rings. The van der Waals surface area contributed by atoms with Crippen LogP contribution in [0.3, 0.4) is 0 Å². The Labute approximate surface area is 311 Å². The third kappa shape index (κ3) is 12.0. The Balaban J connectivity index is 0.000000238. The number of aryl methyl sites for hydroxylation is 2. The van der Waals surface area contributed by atoms with Gasteiger partial charge in [0, 0.05) is 43.5 Å². The summed E-state index contributed by atoms with van der Waals surface area (Å²) in [6, 6.07) is 15.9. The highest BCUT2D eigenvalue weighted by Gasteiger charge is 2.18. The van der Waals surface area contributed by atoms with Crippen molar-refractivity contribution >= 4 is 23.5 Å². The molecule has 0 saturated carbocycles. The minimum Gasteiger partial charge on any atom is -0.496 e. The number of H-pyrrole nitrogens is 1. The number of anilines is 4. The van der Waals surface area contributed by atoms with Crippen LogP contribution in [0.25, 0.3) is 4.85 Å².